The molecule has 18 nitrogen and oxygen atoms in total. The topological polar surface area (TPSA) is 205 Å². The van der Waals surface area contributed by atoms with Crippen molar-refractivity contribution in [1.82, 2.24) is 40.0 Å². The lowest BCUT2D eigenvalue weighted by molar-refractivity contribution is -0.140. The Bertz CT molecular complexity index is 2400. The Balaban J connectivity index is 0.717. The second kappa shape index (κ2) is 21.4. The van der Waals surface area contributed by atoms with Gasteiger partial charge in [-0.15, -0.1) is 0 Å². The highest BCUT2D eigenvalue weighted by molar-refractivity contribution is 6.31. The normalized spacial score (nSPS) is 21.3. The third-order valence-electron chi connectivity index (χ3n) is 13.3. The van der Waals surface area contributed by atoms with Crippen molar-refractivity contribution in [2.75, 3.05) is 81.6 Å². The van der Waals surface area contributed by atoms with Gasteiger partial charge in [-0.3, -0.25) is 29.4 Å². The maximum atomic E-state index is 13.6. The first kappa shape index (κ1) is 47.0. The molecule has 0 bridgehead atoms. The number of piperidine rings is 2. The number of halogens is 2. The number of methoxy groups -OCH3 is 1. The van der Waals surface area contributed by atoms with Crippen molar-refractivity contribution in [3.63, 3.8) is 0 Å². The summed E-state index contributed by atoms with van der Waals surface area (Å²) in [4.78, 5) is 79.3. The maximum Gasteiger partial charge on any atom is 0.323 e. The molecule has 1 saturated carbocycles. The van der Waals surface area contributed by atoms with E-state index in [1.807, 2.05) is 17.0 Å². The van der Waals surface area contributed by atoms with Gasteiger partial charge >= 0.3 is 6.03 Å². The smallest absolute Gasteiger partial charge is 0.323 e. The lowest BCUT2D eigenvalue weighted by Gasteiger charge is -2.40. The number of urea groups is 1. The van der Waals surface area contributed by atoms with Crippen molar-refractivity contribution in [2.45, 2.75) is 70.3 Å². The highest BCUT2D eigenvalue weighted by atomic mass is 35.5. The predicted octanol–water partition coefficient (Wildman–Crippen LogP) is 5.66. The van der Waals surface area contributed by atoms with Gasteiger partial charge in [0.2, 0.25) is 29.5 Å². The molecule has 6 heterocycles. The molecule has 352 valence electrons. The Morgan fingerprint density at radius 2 is 1.58 bits per heavy atom. The van der Waals surface area contributed by atoms with Crippen LogP contribution in [0.4, 0.5) is 21.9 Å². The van der Waals surface area contributed by atoms with E-state index in [1.54, 1.807) is 13.0 Å². The number of aromatic nitrogens is 4. The molecule has 3 aliphatic heterocycles. The minimum absolute atomic E-state index is 0.0661. The first-order valence-electron chi connectivity index (χ1n) is 22.8. The van der Waals surface area contributed by atoms with Gasteiger partial charge in [0, 0.05) is 89.1 Å². The van der Waals surface area contributed by atoms with Crippen molar-refractivity contribution in [1.29, 1.82) is 0 Å². The van der Waals surface area contributed by atoms with E-state index in [0.717, 1.165) is 69.9 Å². The van der Waals surface area contributed by atoms with Gasteiger partial charge in [-0.2, -0.15) is 5.10 Å². The molecule has 3 saturated heterocycles. The molecule has 0 spiro atoms. The number of carbonyl (C=O) groups is 5. The quantitative estimate of drug-likeness (QED) is 0.0893. The van der Waals surface area contributed by atoms with Crippen LogP contribution in [-0.2, 0) is 23.9 Å². The Morgan fingerprint density at radius 1 is 0.864 bits per heavy atom. The number of piperazine rings is 1. The lowest BCUT2D eigenvalue weighted by Crippen LogP contribution is -2.52. The fraction of sp³-hybridized carbons (Fsp3) is 0.522. The van der Waals surface area contributed by atoms with Gasteiger partial charge < -0.3 is 35.2 Å². The number of amides is 6. The van der Waals surface area contributed by atoms with Crippen LogP contribution in [-0.4, -0.2) is 125 Å². The maximum absolute atomic E-state index is 13.6. The summed E-state index contributed by atoms with van der Waals surface area (Å²) >= 11 is 12.3. The molecule has 4 aromatic rings. The van der Waals surface area contributed by atoms with Crippen molar-refractivity contribution in [3.05, 3.63) is 70.2 Å². The summed E-state index contributed by atoms with van der Waals surface area (Å²) in [7, 11) is 1.54. The van der Waals surface area contributed by atoms with Gasteiger partial charge in [0.15, 0.2) is 10.8 Å². The molecule has 0 radical (unpaired) electrons. The Morgan fingerprint density at radius 3 is 2.29 bits per heavy atom. The summed E-state index contributed by atoms with van der Waals surface area (Å²) in [5.74, 6) is -0.0523. The van der Waals surface area contributed by atoms with Gasteiger partial charge in [-0.05, 0) is 81.5 Å². The number of nitrogens with one attached hydrogen (secondary N) is 4. The van der Waals surface area contributed by atoms with E-state index in [4.69, 9.17) is 32.7 Å². The van der Waals surface area contributed by atoms with E-state index < -0.39 is 12.1 Å². The van der Waals surface area contributed by atoms with Gasteiger partial charge in [0.05, 0.1) is 41.2 Å². The molecule has 20 heteroatoms. The largest absolute Gasteiger partial charge is 0.474 e. The Kier molecular flexibility index (Phi) is 15.2. The lowest BCUT2D eigenvalue weighted by atomic mass is 9.81. The van der Waals surface area contributed by atoms with Crippen LogP contribution >= 0.6 is 23.2 Å². The summed E-state index contributed by atoms with van der Waals surface area (Å²) in [6, 6.07) is 10.7. The first-order chi connectivity index (χ1) is 31.9. The zero-order valence-electron chi connectivity index (χ0n) is 37.3. The minimum atomic E-state index is -0.614. The average Bonchev–Trinajstić information content (AvgIpc) is 3.71. The van der Waals surface area contributed by atoms with Crippen LogP contribution in [0.25, 0.3) is 5.65 Å². The Hall–Kier alpha value is -5.56. The molecule has 6 amide bonds. The van der Waals surface area contributed by atoms with E-state index in [9.17, 15) is 24.0 Å². The third-order valence-corrected chi connectivity index (χ3v) is 13.7. The third kappa shape index (κ3) is 11.3. The van der Waals surface area contributed by atoms with Crippen molar-refractivity contribution >= 4 is 75.6 Å². The van der Waals surface area contributed by atoms with E-state index in [0.29, 0.717) is 61.5 Å². The summed E-state index contributed by atoms with van der Waals surface area (Å²) in [5.41, 5.74) is 3.72. The van der Waals surface area contributed by atoms with Crippen molar-refractivity contribution in [3.8, 4) is 5.88 Å². The number of ether oxygens (including phenoxy) is 2. The molecule has 2 atom stereocenters. The molecule has 1 aliphatic carbocycles. The van der Waals surface area contributed by atoms with Gasteiger partial charge in [0.1, 0.15) is 12.3 Å². The molecule has 4 N–H and O–H groups in total. The molecule has 8 rings (SSSR count). The van der Waals surface area contributed by atoms with E-state index >= 15 is 0 Å². The van der Waals surface area contributed by atoms with E-state index in [1.165, 1.54) is 30.1 Å². The molecular formula is C46H57Cl2N11O7. The standard InChI is InChI=1S/C46H57Cl2N11O7/c1-28(65-2)41-37(26-50-39-24-38(48)55-59(39)41)53-46(64)52-36-23-33(47)25-51-44(36)66-22-15-49-42(61)31-3-5-32(6-4-31)45(63)58-20-18-56(19-21-58)27-29-13-16-57(17-14-29)34-9-7-30(8-10-34)35-11-12-40(60)54-43(35)62/h7-10,23-26,28-29,31-32,35H,3-6,11-22,27H2,1-2H3,(H,49,61)(H2,52,53,64)(H,54,60,62)/t28-,31?,32?,35?/m1/s1. The minimum Gasteiger partial charge on any atom is -0.474 e. The second-order valence-electron chi connectivity index (χ2n) is 17.6. The summed E-state index contributed by atoms with van der Waals surface area (Å²) in [5, 5.41) is 15.7. The summed E-state index contributed by atoms with van der Waals surface area (Å²) in [6.07, 6.45) is 8.23. The molecular weight excluding hydrogens is 889 g/mol. The molecule has 3 aromatic heterocycles. The monoisotopic (exact) mass is 945 g/mol. The second-order valence-corrected chi connectivity index (χ2v) is 18.4. The van der Waals surface area contributed by atoms with E-state index in [-0.39, 0.29) is 76.3 Å². The molecule has 1 unspecified atom stereocenters. The highest BCUT2D eigenvalue weighted by Crippen LogP contribution is 2.33. The van der Waals surface area contributed by atoms with Crippen LogP contribution in [0.1, 0.15) is 81.6 Å². The van der Waals surface area contributed by atoms with E-state index in [2.05, 4.69) is 58.3 Å². The summed E-state index contributed by atoms with van der Waals surface area (Å²) < 4.78 is 12.9. The number of hydrogen-bond donors (Lipinski definition) is 4. The number of hydrogen-bond acceptors (Lipinski definition) is 12. The van der Waals surface area contributed by atoms with Crippen LogP contribution in [0.3, 0.4) is 0 Å². The van der Waals surface area contributed by atoms with Gasteiger partial charge in [-0.25, -0.2) is 19.3 Å². The molecule has 1 aromatic carbocycles. The molecule has 4 fully saturated rings. The zero-order valence-corrected chi connectivity index (χ0v) is 38.8. The average molecular weight is 947 g/mol. The first-order valence-corrected chi connectivity index (χ1v) is 23.6. The van der Waals surface area contributed by atoms with Crippen molar-refractivity contribution < 1.29 is 33.4 Å². The predicted molar refractivity (Wildman–Crippen MR) is 249 cm³/mol. The van der Waals surface area contributed by atoms with Gasteiger partial charge in [-0.1, -0.05) is 35.3 Å². The Labute approximate surface area is 393 Å². The number of fused-ring (bicyclic) bond motifs is 1. The van der Waals surface area contributed by atoms with Crippen LogP contribution in [0.5, 0.6) is 5.88 Å². The molecule has 4 aliphatic rings. The van der Waals surface area contributed by atoms with Crippen LogP contribution in [0, 0.1) is 17.8 Å². The number of carbonyl (C=O) groups excluding carboxylic acids is 5. The fourth-order valence-electron chi connectivity index (χ4n) is 9.58. The SMILES string of the molecule is CO[C@H](C)c1c(NC(=O)Nc2cc(Cl)cnc2OCCNC(=O)C2CCC(C(=O)N3CCN(CC4CCN(c5ccc(C6CCC(=O)NC6=O)cc5)CC4)CC3)CC2)cnc2cc(Cl)nn12. The molecule has 66 heavy (non-hydrogen) atoms. The zero-order chi connectivity index (χ0) is 46.3. The number of benzene rings is 1. The van der Waals surface area contributed by atoms with Gasteiger partial charge in [0.25, 0.3) is 0 Å². The number of nitrogens with zero attached hydrogens (tertiary/aromatic N) is 7. The number of pyridine rings is 1. The highest BCUT2D eigenvalue weighted by Gasteiger charge is 2.34. The fourth-order valence-corrected chi connectivity index (χ4v) is 9.91. The van der Waals surface area contributed by atoms with Crippen LogP contribution in [0.2, 0.25) is 10.2 Å². The number of anilines is 3. The summed E-state index contributed by atoms with van der Waals surface area (Å²) in [6.45, 7) is 8.32. The van der Waals surface area contributed by atoms with Crippen molar-refractivity contribution in [2.24, 2.45) is 17.8 Å². The van der Waals surface area contributed by atoms with Crippen LogP contribution in [0.15, 0.2) is 48.8 Å². The number of imide groups is 1. The van der Waals surface area contributed by atoms with Crippen LogP contribution < -0.4 is 30.9 Å². The number of rotatable bonds is 14.